The summed E-state index contributed by atoms with van der Waals surface area (Å²) in [6.07, 6.45) is 0. The van der Waals surface area contributed by atoms with Crippen molar-refractivity contribution in [2.75, 3.05) is 0 Å². The van der Waals surface area contributed by atoms with Crippen LogP contribution in [-0.4, -0.2) is 4.98 Å². The molecule has 0 spiro atoms. The van der Waals surface area contributed by atoms with Crippen molar-refractivity contribution in [2.45, 2.75) is 26.2 Å². The van der Waals surface area contributed by atoms with Gasteiger partial charge in [-0.15, -0.1) is 0 Å². The van der Waals surface area contributed by atoms with Gasteiger partial charge < -0.3 is 0 Å². The largest absolute Gasteiger partial charge is 0.239 e. The molecule has 12 heavy (non-hydrogen) atoms. The topological polar surface area (TPSA) is 12.9 Å². The molecule has 1 rings (SSSR count). The lowest BCUT2D eigenvalue weighted by Gasteiger charge is -2.17. The minimum atomic E-state index is 0.0599. The summed E-state index contributed by atoms with van der Waals surface area (Å²) >= 11 is 9.16. The van der Waals surface area contributed by atoms with Crippen LogP contribution in [0.1, 0.15) is 26.5 Å². The van der Waals surface area contributed by atoms with Gasteiger partial charge in [0.05, 0.1) is 4.47 Å². The van der Waals surface area contributed by atoms with E-state index in [9.17, 15) is 0 Å². The van der Waals surface area contributed by atoms with E-state index in [1.807, 2.05) is 12.1 Å². The average molecular weight is 249 g/mol. The second-order valence-electron chi connectivity index (χ2n) is 3.72. The maximum atomic E-state index is 5.86. The molecule has 0 atom stereocenters. The zero-order chi connectivity index (χ0) is 9.35. The summed E-state index contributed by atoms with van der Waals surface area (Å²) in [5, 5.41) is 0.530. The molecule has 0 aliphatic carbocycles. The number of nitrogens with zero attached hydrogens (tertiary/aromatic N) is 1. The van der Waals surface area contributed by atoms with Crippen LogP contribution >= 0.6 is 27.5 Å². The van der Waals surface area contributed by atoms with Crippen LogP contribution in [0.2, 0.25) is 5.15 Å². The Morgan fingerprint density at radius 3 is 2.33 bits per heavy atom. The van der Waals surface area contributed by atoms with Gasteiger partial charge in [0.15, 0.2) is 0 Å². The molecule has 1 nitrogen and oxygen atoms in total. The SMILES string of the molecule is CC(C)(C)c1ccc(Br)c(Cl)n1. The minimum Gasteiger partial charge on any atom is -0.239 e. The highest BCUT2D eigenvalue weighted by Crippen LogP contribution is 2.26. The average Bonchev–Trinajstić information content (AvgIpc) is 1.92. The summed E-state index contributed by atoms with van der Waals surface area (Å²) in [6.45, 7) is 6.33. The lowest BCUT2D eigenvalue weighted by atomic mass is 9.92. The number of hydrogen-bond acceptors (Lipinski definition) is 1. The highest BCUT2D eigenvalue weighted by molar-refractivity contribution is 9.10. The quantitative estimate of drug-likeness (QED) is 0.637. The van der Waals surface area contributed by atoms with Crippen LogP contribution < -0.4 is 0 Å². The van der Waals surface area contributed by atoms with Gasteiger partial charge in [0.1, 0.15) is 5.15 Å². The monoisotopic (exact) mass is 247 g/mol. The van der Waals surface area contributed by atoms with E-state index in [2.05, 4.69) is 41.7 Å². The number of rotatable bonds is 0. The highest BCUT2D eigenvalue weighted by Gasteiger charge is 2.15. The fourth-order valence-electron chi connectivity index (χ4n) is 0.835. The Morgan fingerprint density at radius 2 is 1.92 bits per heavy atom. The molecule has 0 unspecified atom stereocenters. The fourth-order valence-corrected chi connectivity index (χ4v) is 1.21. The van der Waals surface area contributed by atoms with E-state index in [1.54, 1.807) is 0 Å². The maximum Gasteiger partial charge on any atom is 0.143 e. The number of hydrogen-bond donors (Lipinski definition) is 0. The molecular weight excluding hydrogens is 237 g/mol. The molecule has 1 heterocycles. The minimum absolute atomic E-state index is 0.0599. The van der Waals surface area contributed by atoms with Gasteiger partial charge in [-0.3, -0.25) is 0 Å². The summed E-state index contributed by atoms with van der Waals surface area (Å²) in [7, 11) is 0. The van der Waals surface area contributed by atoms with Gasteiger partial charge in [-0.2, -0.15) is 0 Å². The first-order valence-electron chi connectivity index (χ1n) is 3.74. The van der Waals surface area contributed by atoms with Crippen LogP contribution in [0.3, 0.4) is 0 Å². The second kappa shape index (κ2) is 3.35. The summed E-state index contributed by atoms with van der Waals surface area (Å²) in [5.41, 5.74) is 1.07. The Hall–Kier alpha value is -0.0800. The number of halogens is 2. The van der Waals surface area contributed by atoms with Gasteiger partial charge in [-0.05, 0) is 28.1 Å². The molecule has 0 aliphatic heterocycles. The van der Waals surface area contributed by atoms with E-state index in [1.165, 1.54) is 0 Å². The van der Waals surface area contributed by atoms with Gasteiger partial charge in [-0.1, -0.05) is 32.4 Å². The van der Waals surface area contributed by atoms with Crippen molar-refractivity contribution < 1.29 is 0 Å². The van der Waals surface area contributed by atoms with E-state index < -0.39 is 0 Å². The standard InChI is InChI=1S/C9H11BrClN/c1-9(2,3)7-5-4-6(10)8(11)12-7/h4-5H,1-3H3. The molecule has 0 N–H and O–H groups in total. The molecule has 0 saturated carbocycles. The highest BCUT2D eigenvalue weighted by atomic mass is 79.9. The van der Waals surface area contributed by atoms with E-state index in [-0.39, 0.29) is 5.41 Å². The van der Waals surface area contributed by atoms with E-state index in [0.717, 1.165) is 10.2 Å². The second-order valence-corrected chi connectivity index (χ2v) is 4.93. The van der Waals surface area contributed by atoms with Gasteiger partial charge in [0.25, 0.3) is 0 Å². The van der Waals surface area contributed by atoms with Crippen molar-refractivity contribution in [1.82, 2.24) is 4.98 Å². The molecule has 0 bridgehead atoms. The Bertz CT molecular complexity index is 291. The predicted octanol–water partition coefficient (Wildman–Crippen LogP) is 3.80. The van der Waals surface area contributed by atoms with Crippen LogP contribution in [0.15, 0.2) is 16.6 Å². The smallest absolute Gasteiger partial charge is 0.143 e. The third-order valence-electron chi connectivity index (χ3n) is 1.57. The first kappa shape index (κ1) is 10.0. The van der Waals surface area contributed by atoms with Crippen molar-refractivity contribution in [2.24, 2.45) is 0 Å². The zero-order valence-electron chi connectivity index (χ0n) is 7.36. The lowest BCUT2D eigenvalue weighted by Crippen LogP contribution is -2.13. The number of pyridine rings is 1. The van der Waals surface area contributed by atoms with E-state index in [4.69, 9.17) is 11.6 Å². The van der Waals surface area contributed by atoms with Gasteiger partial charge in [-0.25, -0.2) is 4.98 Å². The van der Waals surface area contributed by atoms with Gasteiger partial charge in [0.2, 0.25) is 0 Å². The van der Waals surface area contributed by atoms with E-state index in [0.29, 0.717) is 5.15 Å². The molecule has 3 heteroatoms. The van der Waals surface area contributed by atoms with E-state index >= 15 is 0 Å². The third-order valence-corrected chi connectivity index (χ3v) is 2.73. The molecule has 0 amide bonds. The Kier molecular flexibility index (Phi) is 2.79. The molecule has 0 aromatic carbocycles. The fraction of sp³-hybridized carbons (Fsp3) is 0.444. The molecule has 1 aromatic heterocycles. The van der Waals surface area contributed by atoms with Crippen molar-refractivity contribution in [3.63, 3.8) is 0 Å². The van der Waals surface area contributed by atoms with Crippen molar-refractivity contribution in [3.8, 4) is 0 Å². The third kappa shape index (κ3) is 2.20. The number of aromatic nitrogens is 1. The molecule has 0 aliphatic rings. The summed E-state index contributed by atoms with van der Waals surface area (Å²) < 4.78 is 0.845. The summed E-state index contributed by atoms with van der Waals surface area (Å²) in [5.74, 6) is 0. The van der Waals surface area contributed by atoms with Crippen molar-refractivity contribution in [1.29, 1.82) is 0 Å². The Balaban J connectivity index is 3.14. The van der Waals surface area contributed by atoms with Crippen molar-refractivity contribution in [3.05, 3.63) is 27.5 Å². The Morgan fingerprint density at radius 1 is 1.33 bits per heavy atom. The molecule has 1 aromatic rings. The van der Waals surface area contributed by atoms with Crippen molar-refractivity contribution >= 4 is 27.5 Å². The van der Waals surface area contributed by atoms with Crippen LogP contribution in [0.4, 0.5) is 0 Å². The molecule has 0 fully saturated rings. The normalized spacial score (nSPS) is 11.8. The van der Waals surface area contributed by atoms with Gasteiger partial charge >= 0.3 is 0 Å². The van der Waals surface area contributed by atoms with Crippen LogP contribution in [0.25, 0.3) is 0 Å². The summed E-state index contributed by atoms with van der Waals surface area (Å²) in [4.78, 5) is 4.26. The van der Waals surface area contributed by atoms with Crippen LogP contribution in [0, 0.1) is 0 Å². The molecule has 66 valence electrons. The zero-order valence-corrected chi connectivity index (χ0v) is 9.70. The Labute approximate surface area is 86.3 Å². The van der Waals surface area contributed by atoms with Crippen LogP contribution in [-0.2, 0) is 5.41 Å². The first-order chi connectivity index (χ1) is 5.41. The molecule has 0 saturated heterocycles. The van der Waals surface area contributed by atoms with Crippen LogP contribution in [0.5, 0.6) is 0 Å². The molecular formula is C9H11BrClN. The predicted molar refractivity (Wildman–Crippen MR) is 55.6 cm³/mol. The maximum absolute atomic E-state index is 5.86. The molecule has 0 radical (unpaired) electrons. The van der Waals surface area contributed by atoms with Gasteiger partial charge in [0, 0.05) is 11.1 Å². The first-order valence-corrected chi connectivity index (χ1v) is 4.91. The lowest BCUT2D eigenvalue weighted by molar-refractivity contribution is 0.569. The summed E-state index contributed by atoms with van der Waals surface area (Å²) in [6, 6.07) is 3.91.